The fourth-order valence-corrected chi connectivity index (χ4v) is 1.91. The van der Waals surface area contributed by atoms with Gasteiger partial charge < -0.3 is 9.47 Å². The van der Waals surface area contributed by atoms with Crippen LogP contribution in [0.25, 0.3) is 5.69 Å². The Morgan fingerprint density at radius 3 is 2.21 bits per heavy atom. The molecule has 0 aliphatic carbocycles. The van der Waals surface area contributed by atoms with Crippen molar-refractivity contribution in [2.75, 3.05) is 14.2 Å². The summed E-state index contributed by atoms with van der Waals surface area (Å²) in [5.74, 6) is 1.14. The minimum absolute atomic E-state index is 0.236. The Morgan fingerprint density at radius 1 is 1.11 bits per heavy atom. The van der Waals surface area contributed by atoms with Crippen LogP contribution in [0.2, 0.25) is 5.15 Å². The van der Waals surface area contributed by atoms with E-state index in [1.54, 1.807) is 25.1 Å². The molecule has 2 aromatic rings. The molecule has 5 nitrogen and oxygen atoms in total. The first kappa shape index (κ1) is 13.4. The molecule has 0 atom stereocenters. The van der Waals surface area contributed by atoms with Crippen molar-refractivity contribution < 1.29 is 9.47 Å². The molecule has 0 saturated heterocycles. The van der Waals surface area contributed by atoms with Gasteiger partial charge in [0.1, 0.15) is 11.5 Å². The van der Waals surface area contributed by atoms with Crippen LogP contribution in [0.15, 0.2) is 29.1 Å². The summed E-state index contributed by atoms with van der Waals surface area (Å²) in [4.78, 5) is 12.1. The van der Waals surface area contributed by atoms with Crippen molar-refractivity contribution in [3.8, 4) is 17.2 Å². The molecule has 0 aliphatic heterocycles. The van der Waals surface area contributed by atoms with E-state index in [-0.39, 0.29) is 10.7 Å². The normalized spacial score (nSPS) is 10.3. The summed E-state index contributed by atoms with van der Waals surface area (Å²) in [5, 5.41) is 4.26. The second-order valence-electron chi connectivity index (χ2n) is 3.94. The summed E-state index contributed by atoms with van der Waals surface area (Å²) < 4.78 is 11.6. The monoisotopic (exact) mass is 280 g/mol. The van der Waals surface area contributed by atoms with Crippen molar-refractivity contribution in [2.45, 2.75) is 6.92 Å². The lowest BCUT2D eigenvalue weighted by molar-refractivity contribution is 0.393. The summed E-state index contributed by atoms with van der Waals surface area (Å²) in [6, 6.07) is 6.61. The Labute approximate surface area is 115 Å². The van der Waals surface area contributed by atoms with E-state index >= 15 is 0 Å². The van der Waals surface area contributed by atoms with Gasteiger partial charge in [0.25, 0.3) is 5.56 Å². The van der Waals surface area contributed by atoms with Crippen LogP contribution in [-0.4, -0.2) is 24.0 Å². The minimum Gasteiger partial charge on any atom is -0.497 e. The highest BCUT2D eigenvalue weighted by Gasteiger charge is 2.09. The van der Waals surface area contributed by atoms with Gasteiger partial charge in [-0.1, -0.05) is 11.6 Å². The first-order valence-corrected chi connectivity index (χ1v) is 5.93. The maximum atomic E-state index is 12.1. The summed E-state index contributed by atoms with van der Waals surface area (Å²) in [7, 11) is 3.08. The molecular weight excluding hydrogens is 268 g/mol. The number of hydrogen-bond donors (Lipinski definition) is 0. The molecule has 1 heterocycles. The second kappa shape index (κ2) is 5.32. The maximum Gasteiger partial charge on any atom is 0.274 e. The molecule has 2 rings (SSSR count). The second-order valence-corrected chi connectivity index (χ2v) is 4.33. The van der Waals surface area contributed by atoms with Crippen molar-refractivity contribution >= 4 is 11.6 Å². The van der Waals surface area contributed by atoms with Gasteiger partial charge in [0.2, 0.25) is 0 Å². The predicted molar refractivity (Wildman–Crippen MR) is 72.7 cm³/mol. The van der Waals surface area contributed by atoms with Gasteiger partial charge in [-0.25, -0.2) is 0 Å². The third-order valence-electron chi connectivity index (χ3n) is 2.64. The van der Waals surface area contributed by atoms with Crippen LogP contribution in [0.3, 0.4) is 0 Å². The Bertz CT molecular complexity index is 645. The van der Waals surface area contributed by atoms with Gasteiger partial charge in [-0.05, 0) is 13.0 Å². The van der Waals surface area contributed by atoms with Crippen LogP contribution >= 0.6 is 11.6 Å². The number of hydrogen-bond acceptors (Lipinski definition) is 4. The Hall–Kier alpha value is -2.01. The Kier molecular flexibility index (Phi) is 3.76. The Morgan fingerprint density at radius 2 is 1.68 bits per heavy atom. The largest absolute Gasteiger partial charge is 0.497 e. The average molecular weight is 281 g/mol. The van der Waals surface area contributed by atoms with E-state index in [2.05, 4.69) is 5.10 Å². The van der Waals surface area contributed by atoms with Gasteiger partial charge in [-0.3, -0.25) is 4.79 Å². The molecule has 0 bridgehead atoms. The molecule has 0 radical (unpaired) electrons. The molecule has 100 valence electrons. The molecule has 0 amide bonds. The number of rotatable bonds is 3. The standard InChI is InChI=1S/C13H13ClN2O3/c1-8-4-12(14)15-16(13(8)17)9-5-10(18-2)7-11(6-9)19-3/h4-7H,1-3H3. The van der Waals surface area contributed by atoms with Gasteiger partial charge in [-0.2, -0.15) is 9.78 Å². The molecule has 19 heavy (non-hydrogen) atoms. The zero-order chi connectivity index (χ0) is 14.0. The molecule has 0 spiro atoms. The van der Waals surface area contributed by atoms with Crippen LogP contribution < -0.4 is 15.0 Å². The highest BCUT2D eigenvalue weighted by atomic mass is 35.5. The van der Waals surface area contributed by atoms with Crippen LogP contribution in [0.5, 0.6) is 11.5 Å². The fourth-order valence-electron chi connectivity index (χ4n) is 1.67. The van der Waals surface area contributed by atoms with Crippen LogP contribution in [-0.2, 0) is 0 Å². The van der Waals surface area contributed by atoms with E-state index in [0.29, 0.717) is 22.7 Å². The van der Waals surface area contributed by atoms with Crippen LogP contribution in [0.4, 0.5) is 0 Å². The number of nitrogens with zero attached hydrogens (tertiary/aromatic N) is 2. The van der Waals surface area contributed by atoms with Crippen molar-refractivity contribution in [3.05, 3.63) is 45.3 Å². The van der Waals surface area contributed by atoms with Gasteiger partial charge in [0.05, 0.1) is 19.9 Å². The van der Waals surface area contributed by atoms with Gasteiger partial charge in [0, 0.05) is 23.8 Å². The molecule has 1 aromatic carbocycles. The lowest BCUT2D eigenvalue weighted by atomic mass is 10.2. The zero-order valence-corrected chi connectivity index (χ0v) is 11.6. The fraction of sp³-hybridized carbons (Fsp3) is 0.231. The lowest BCUT2D eigenvalue weighted by Crippen LogP contribution is -2.23. The molecule has 0 fully saturated rings. The zero-order valence-electron chi connectivity index (χ0n) is 10.8. The highest BCUT2D eigenvalue weighted by Crippen LogP contribution is 2.24. The first-order valence-electron chi connectivity index (χ1n) is 5.55. The molecule has 0 unspecified atom stereocenters. The van der Waals surface area contributed by atoms with Gasteiger partial charge in [-0.15, -0.1) is 0 Å². The lowest BCUT2D eigenvalue weighted by Gasteiger charge is -2.10. The van der Waals surface area contributed by atoms with E-state index in [1.165, 1.54) is 25.0 Å². The van der Waals surface area contributed by atoms with Crippen LogP contribution in [0.1, 0.15) is 5.56 Å². The summed E-state index contributed by atoms with van der Waals surface area (Å²) in [6.07, 6.45) is 0. The molecule has 1 aromatic heterocycles. The molecule has 0 N–H and O–H groups in total. The number of benzene rings is 1. The topological polar surface area (TPSA) is 53.4 Å². The van der Waals surface area contributed by atoms with E-state index in [1.807, 2.05) is 0 Å². The number of halogens is 1. The average Bonchev–Trinajstić information content (AvgIpc) is 2.42. The number of ether oxygens (including phenoxy) is 2. The molecule has 0 aliphatic rings. The summed E-state index contributed by atoms with van der Waals surface area (Å²) in [5.41, 5.74) is 0.813. The smallest absolute Gasteiger partial charge is 0.274 e. The summed E-state index contributed by atoms with van der Waals surface area (Å²) in [6.45, 7) is 1.68. The maximum absolute atomic E-state index is 12.1. The minimum atomic E-state index is -0.236. The van der Waals surface area contributed by atoms with E-state index in [9.17, 15) is 4.79 Å². The molecule has 6 heteroatoms. The van der Waals surface area contributed by atoms with E-state index in [0.717, 1.165) is 0 Å². The van der Waals surface area contributed by atoms with Gasteiger partial charge in [0.15, 0.2) is 5.15 Å². The predicted octanol–water partition coefficient (Wildman–Crippen LogP) is 2.21. The number of methoxy groups -OCH3 is 2. The quantitative estimate of drug-likeness (QED) is 0.865. The van der Waals surface area contributed by atoms with Crippen molar-refractivity contribution in [1.82, 2.24) is 9.78 Å². The third-order valence-corrected chi connectivity index (χ3v) is 2.83. The van der Waals surface area contributed by atoms with Crippen LogP contribution in [0, 0.1) is 6.92 Å². The number of aryl methyl sites for hydroxylation is 1. The Balaban J connectivity index is 2.68. The van der Waals surface area contributed by atoms with Crippen molar-refractivity contribution in [1.29, 1.82) is 0 Å². The first-order chi connectivity index (χ1) is 9.05. The van der Waals surface area contributed by atoms with Gasteiger partial charge >= 0.3 is 0 Å². The highest BCUT2D eigenvalue weighted by molar-refractivity contribution is 6.29. The summed E-state index contributed by atoms with van der Waals surface area (Å²) >= 11 is 5.89. The van der Waals surface area contributed by atoms with Crippen molar-refractivity contribution in [2.24, 2.45) is 0 Å². The molecular formula is C13H13ClN2O3. The van der Waals surface area contributed by atoms with E-state index < -0.39 is 0 Å². The SMILES string of the molecule is COc1cc(OC)cc(-n2nc(Cl)cc(C)c2=O)c1. The molecule has 0 saturated carbocycles. The number of aromatic nitrogens is 2. The van der Waals surface area contributed by atoms with Crippen molar-refractivity contribution in [3.63, 3.8) is 0 Å². The third kappa shape index (κ3) is 2.71. The van der Waals surface area contributed by atoms with E-state index in [4.69, 9.17) is 21.1 Å².